The molecule has 12 nitrogen and oxygen atoms in total. The Hall–Kier alpha value is -4.57. The number of β-lactam (4-membered cyclic amide) rings is 1. The molecule has 0 spiro atoms. The number of carbonyl (C=O) groups excluding carboxylic acids is 4. The van der Waals surface area contributed by atoms with Gasteiger partial charge in [0.1, 0.15) is 17.1 Å². The number of nitrogens with zero attached hydrogens (tertiary/aromatic N) is 3. The van der Waals surface area contributed by atoms with Crippen LogP contribution in [0, 0.1) is 5.82 Å². The van der Waals surface area contributed by atoms with Gasteiger partial charge in [-0.25, -0.2) is 9.18 Å². The molecule has 0 bridgehead atoms. The van der Waals surface area contributed by atoms with Crippen LogP contribution in [0.5, 0.6) is 5.75 Å². The van der Waals surface area contributed by atoms with E-state index in [1.165, 1.54) is 34.5 Å². The van der Waals surface area contributed by atoms with Gasteiger partial charge in [-0.2, -0.15) is 4.57 Å². The van der Waals surface area contributed by atoms with Gasteiger partial charge in [-0.05, 0) is 54.0 Å². The van der Waals surface area contributed by atoms with Crippen molar-refractivity contribution in [1.82, 2.24) is 15.1 Å². The Morgan fingerprint density at radius 1 is 1.06 bits per heavy atom. The Kier molecular flexibility index (Phi) is 10.9. The summed E-state index contributed by atoms with van der Waals surface area (Å²) in [5.41, 5.74) is 1.58. The molecule has 4 amide bonds. The first-order valence-electron chi connectivity index (χ1n) is 15.4. The maximum atomic E-state index is 13.6. The molecule has 2 saturated heterocycles. The number of carbonyl (C=O) groups is 5. The molecule has 264 valence electrons. The molecule has 3 aromatic rings. The second kappa shape index (κ2) is 15.4. The summed E-state index contributed by atoms with van der Waals surface area (Å²) < 4.78 is 15.2. The Balaban J connectivity index is 1.04. The molecule has 0 unspecified atom stereocenters. The number of benzene rings is 2. The molecule has 3 aliphatic rings. The Morgan fingerprint density at radius 2 is 1.82 bits per heavy atom. The number of hydrogen-bond donors (Lipinski definition) is 4. The number of pyridine rings is 1. The zero-order valence-corrected chi connectivity index (χ0v) is 29.6. The first-order valence-corrected chi connectivity index (χ1v) is 18.2. The summed E-state index contributed by atoms with van der Waals surface area (Å²) in [6, 6.07) is 11.2. The lowest BCUT2D eigenvalue weighted by atomic mass is 10.0. The lowest BCUT2D eigenvalue weighted by molar-refractivity contribution is -0.684. The topological polar surface area (TPSA) is 160 Å². The van der Waals surface area contributed by atoms with E-state index in [0.29, 0.717) is 34.2 Å². The van der Waals surface area contributed by atoms with E-state index >= 15 is 0 Å². The summed E-state index contributed by atoms with van der Waals surface area (Å²) in [5, 5.41) is 24.8. The number of thioether (sulfide) groups is 2. The van der Waals surface area contributed by atoms with E-state index in [0.717, 1.165) is 22.6 Å². The number of phenols is 1. The molecule has 2 aromatic carbocycles. The smallest absolute Gasteiger partial charge is 0.352 e. The Morgan fingerprint density at radius 3 is 2.53 bits per heavy atom. The summed E-state index contributed by atoms with van der Waals surface area (Å²) in [6.07, 6.45) is 5.30. The van der Waals surface area contributed by atoms with E-state index in [1.54, 1.807) is 58.3 Å². The second-order valence-electron chi connectivity index (χ2n) is 11.7. The van der Waals surface area contributed by atoms with Crippen molar-refractivity contribution in [2.75, 3.05) is 23.4 Å². The molecule has 3 aliphatic heterocycles. The first-order chi connectivity index (χ1) is 24.4. The normalized spacial score (nSPS) is 19.2. The minimum absolute atomic E-state index is 0.0161. The number of carboxylic acid groups (broad SMARTS) is 1. The summed E-state index contributed by atoms with van der Waals surface area (Å²) in [7, 11) is 0. The van der Waals surface area contributed by atoms with Gasteiger partial charge in [0, 0.05) is 53.2 Å². The van der Waals surface area contributed by atoms with Crippen LogP contribution in [0.15, 0.2) is 88.7 Å². The fourth-order valence-electron chi connectivity index (χ4n) is 5.72. The fraction of sp³-hybridized carbons (Fsp3) is 0.235. The van der Waals surface area contributed by atoms with Gasteiger partial charge in [-0.15, -0.1) is 23.5 Å². The minimum Gasteiger partial charge on any atom is -0.505 e. The lowest BCUT2D eigenvalue weighted by Gasteiger charge is -2.49. The van der Waals surface area contributed by atoms with Crippen molar-refractivity contribution in [2.24, 2.45) is 0 Å². The maximum Gasteiger partial charge on any atom is 0.352 e. The van der Waals surface area contributed by atoms with E-state index < -0.39 is 46.7 Å². The third-order valence-corrected chi connectivity index (χ3v) is 11.3. The number of allylic oxidation sites excluding steroid dienone is 1. The van der Waals surface area contributed by atoms with Crippen LogP contribution in [0.1, 0.15) is 12.0 Å². The van der Waals surface area contributed by atoms with Gasteiger partial charge in [0.25, 0.3) is 11.8 Å². The Labute approximate surface area is 309 Å². The number of aliphatic carboxylic acids is 1. The lowest BCUT2D eigenvalue weighted by Crippen LogP contribution is -2.70. The van der Waals surface area contributed by atoms with Crippen molar-refractivity contribution < 1.29 is 43.1 Å². The predicted octanol–water partition coefficient (Wildman–Crippen LogP) is 3.95. The third-order valence-electron chi connectivity index (χ3n) is 8.23. The molecule has 51 heavy (non-hydrogen) atoms. The molecule has 2 atom stereocenters. The maximum absolute atomic E-state index is 13.6. The van der Waals surface area contributed by atoms with Crippen LogP contribution < -0.4 is 15.2 Å². The number of halogens is 3. The van der Waals surface area contributed by atoms with E-state index in [9.17, 15) is 38.6 Å². The molecule has 2 fully saturated rings. The fourth-order valence-corrected chi connectivity index (χ4v) is 8.13. The van der Waals surface area contributed by atoms with Gasteiger partial charge in [-0.1, -0.05) is 23.2 Å². The van der Waals surface area contributed by atoms with Gasteiger partial charge in [0.2, 0.25) is 18.4 Å². The molecule has 4 heterocycles. The predicted molar refractivity (Wildman–Crippen MR) is 188 cm³/mol. The van der Waals surface area contributed by atoms with Gasteiger partial charge in [0.15, 0.2) is 24.0 Å². The number of fused-ring (bicyclic) bond motifs is 1. The van der Waals surface area contributed by atoms with Gasteiger partial charge >= 0.3 is 5.97 Å². The van der Waals surface area contributed by atoms with Crippen LogP contribution in [0.4, 0.5) is 10.1 Å². The highest BCUT2D eigenvalue weighted by Gasteiger charge is 2.54. The number of likely N-dealkylation sites (tertiary alicyclic amines) is 1. The summed E-state index contributed by atoms with van der Waals surface area (Å²) in [5.74, 6) is -4.01. The molecular weight excluding hydrogens is 744 g/mol. The van der Waals surface area contributed by atoms with Crippen molar-refractivity contribution in [3.05, 3.63) is 105 Å². The standard InChI is InChI=1S/C34H28Cl2FN5O7S2/c35-23-3-2-22(13-24(23)36)50-17-28(45)39-29-32(47)42-30(34(48)49)20(16-51-33(29)42)11-19-7-10-41(31(19)46)14-18-5-8-40(9-6-18)15-27(44)38-21-1-4-26(43)25(37)12-21/h1-6,8-9,11-13,29,33H,7,10,14-17H2,(H3-,38,39,43,44,45,48,49)/p+1/t29-,33-/m1/s1. The number of amides is 4. The van der Waals surface area contributed by atoms with Gasteiger partial charge < -0.3 is 25.7 Å². The highest BCUT2D eigenvalue weighted by molar-refractivity contribution is 8.00. The number of nitrogens with one attached hydrogen (secondary N) is 2. The van der Waals surface area contributed by atoms with E-state index in [-0.39, 0.29) is 41.9 Å². The largest absolute Gasteiger partial charge is 0.505 e. The zero-order valence-electron chi connectivity index (χ0n) is 26.5. The van der Waals surface area contributed by atoms with E-state index in [4.69, 9.17) is 23.2 Å². The van der Waals surface area contributed by atoms with E-state index in [1.807, 2.05) is 0 Å². The van der Waals surface area contributed by atoms with Crippen LogP contribution in [-0.4, -0.2) is 79.1 Å². The van der Waals surface area contributed by atoms with Crippen molar-refractivity contribution in [3.8, 4) is 5.75 Å². The number of anilines is 1. The highest BCUT2D eigenvalue weighted by atomic mass is 35.5. The Bertz CT molecular complexity index is 2010. The molecule has 6 rings (SSSR count). The number of phenolic OH excluding ortho intramolecular Hbond substituents is 1. The van der Waals surface area contributed by atoms with Crippen LogP contribution in [0.3, 0.4) is 0 Å². The first kappa shape index (κ1) is 36.2. The van der Waals surface area contributed by atoms with Crippen molar-refractivity contribution in [2.45, 2.75) is 35.8 Å². The number of rotatable bonds is 11. The van der Waals surface area contributed by atoms with Crippen molar-refractivity contribution in [3.63, 3.8) is 0 Å². The molecule has 0 saturated carbocycles. The average molecular weight is 774 g/mol. The SMILES string of the molecule is O=C(C[n+]1ccc(CN2CCC(=CC3=C(C(=O)O)N4C(=O)[C@@H](NC(=O)CSc5ccc(Cl)c(Cl)c5)[C@H]4SC3)C2=O)cc1)Nc1ccc(O)c(F)c1. The summed E-state index contributed by atoms with van der Waals surface area (Å²) in [6.45, 7) is 0.643. The number of aromatic nitrogens is 1. The summed E-state index contributed by atoms with van der Waals surface area (Å²) in [4.78, 5) is 67.4. The molecule has 17 heteroatoms. The number of aromatic hydroxyl groups is 1. The monoisotopic (exact) mass is 772 g/mol. The van der Waals surface area contributed by atoms with Crippen molar-refractivity contribution >= 4 is 82.0 Å². The summed E-state index contributed by atoms with van der Waals surface area (Å²) >= 11 is 14.5. The highest BCUT2D eigenvalue weighted by Crippen LogP contribution is 2.41. The minimum atomic E-state index is -1.30. The average Bonchev–Trinajstić information content (AvgIpc) is 3.43. The van der Waals surface area contributed by atoms with Crippen LogP contribution in [0.25, 0.3) is 0 Å². The number of hydrogen-bond acceptors (Lipinski definition) is 8. The van der Waals surface area contributed by atoms with E-state index in [2.05, 4.69) is 10.6 Å². The van der Waals surface area contributed by atoms with Crippen molar-refractivity contribution in [1.29, 1.82) is 0 Å². The molecule has 4 N–H and O–H groups in total. The quantitative estimate of drug-likeness (QED) is 0.0745. The molecule has 1 aromatic heterocycles. The van der Waals surface area contributed by atoms with Gasteiger partial charge in [0.05, 0.1) is 15.8 Å². The third kappa shape index (κ3) is 8.17. The zero-order chi connectivity index (χ0) is 36.4. The molecule has 0 radical (unpaired) electrons. The number of carboxylic acids is 1. The van der Waals surface area contributed by atoms with Crippen LogP contribution in [0.2, 0.25) is 10.0 Å². The molecular formula is C34H29Cl2FN5O7S2+. The van der Waals surface area contributed by atoms with Crippen LogP contribution in [-0.2, 0) is 37.1 Å². The molecule has 0 aliphatic carbocycles. The van der Waals surface area contributed by atoms with Crippen LogP contribution >= 0.6 is 46.7 Å². The van der Waals surface area contributed by atoms with Gasteiger partial charge in [-0.3, -0.25) is 24.1 Å². The second-order valence-corrected chi connectivity index (χ2v) is 14.7.